The number of ether oxygens (including phenoxy) is 1. The zero-order valence-electron chi connectivity index (χ0n) is 11.1. The van der Waals surface area contributed by atoms with Crippen LogP contribution < -0.4 is 0 Å². The molecule has 1 saturated carbocycles. The largest absolute Gasteiger partial charge is 0.381 e. The van der Waals surface area contributed by atoms with Crippen molar-refractivity contribution in [2.45, 2.75) is 38.1 Å². The fourth-order valence-corrected chi connectivity index (χ4v) is 3.08. The van der Waals surface area contributed by atoms with Crippen molar-refractivity contribution in [2.24, 2.45) is 5.92 Å². The fourth-order valence-electron chi connectivity index (χ4n) is 3.08. The smallest absolute Gasteiger partial charge is 0.236 e. The number of carbonyl (C=O) groups is 1. The van der Waals surface area contributed by atoms with Crippen LogP contribution in [-0.4, -0.2) is 61.1 Å². The molecule has 3 rings (SSSR count). The molecule has 0 radical (unpaired) electrons. The van der Waals surface area contributed by atoms with E-state index in [4.69, 9.17) is 4.74 Å². The Morgan fingerprint density at radius 3 is 2.61 bits per heavy atom. The summed E-state index contributed by atoms with van der Waals surface area (Å²) >= 11 is 0. The van der Waals surface area contributed by atoms with Crippen LogP contribution >= 0.6 is 0 Å². The van der Waals surface area contributed by atoms with Gasteiger partial charge in [-0.15, -0.1) is 0 Å². The summed E-state index contributed by atoms with van der Waals surface area (Å²) in [5, 5.41) is 0. The van der Waals surface area contributed by atoms with E-state index in [1.54, 1.807) is 0 Å². The van der Waals surface area contributed by atoms with E-state index in [-0.39, 0.29) is 0 Å². The fraction of sp³-hybridized carbons (Fsp3) is 0.929. The van der Waals surface area contributed by atoms with Crippen LogP contribution in [-0.2, 0) is 9.53 Å². The van der Waals surface area contributed by atoms with Gasteiger partial charge in [-0.25, -0.2) is 0 Å². The van der Waals surface area contributed by atoms with Crippen molar-refractivity contribution in [1.82, 2.24) is 9.80 Å². The van der Waals surface area contributed by atoms with E-state index in [1.807, 2.05) is 4.90 Å². The third-order valence-electron chi connectivity index (χ3n) is 4.38. The molecule has 2 aliphatic heterocycles. The minimum Gasteiger partial charge on any atom is -0.381 e. The first-order chi connectivity index (χ1) is 8.83. The molecular weight excluding hydrogens is 228 g/mol. The molecule has 3 fully saturated rings. The first-order valence-electron chi connectivity index (χ1n) is 7.42. The van der Waals surface area contributed by atoms with Crippen LogP contribution in [0.4, 0.5) is 0 Å². The predicted octanol–water partition coefficient (Wildman–Crippen LogP) is 1.11. The maximum absolute atomic E-state index is 12.2. The van der Waals surface area contributed by atoms with Crippen LogP contribution in [0.2, 0.25) is 0 Å². The van der Waals surface area contributed by atoms with E-state index in [0.29, 0.717) is 24.4 Å². The van der Waals surface area contributed by atoms with Crippen molar-refractivity contribution in [2.75, 3.05) is 39.4 Å². The molecule has 1 unspecified atom stereocenters. The van der Waals surface area contributed by atoms with Gasteiger partial charge in [-0.1, -0.05) is 0 Å². The van der Waals surface area contributed by atoms with Crippen molar-refractivity contribution in [3.63, 3.8) is 0 Å². The lowest BCUT2D eigenvalue weighted by atomic mass is 10.1. The quantitative estimate of drug-likeness (QED) is 0.735. The maximum atomic E-state index is 12.2. The Labute approximate surface area is 109 Å². The highest BCUT2D eigenvalue weighted by Crippen LogP contribution is 2.29. The van der Waals surface area contributed by atoms with E-state index in [1.165, 1.54) is 32.1 Å². The highest BCUT2D eigenvalue weighted by Gasteiger charge is 2.33. The molecule has 4 nitrogen and oxygen atoms in total. The highest BCUT2D eigenvalue weighted by atomic mass is 16.5. The van der Waals surface area contributed by atoms with E-state index < -0.39 is 0 Å². The lowest BCUT2D eigenvalue weighted by Gasteiger charge is -2.26. The molecule has 1 atom stereocenters. The van der Waals surface area contributed by atoms with Gasteiger partial charge >= 0.3 is 0 Å². The van der Waals surface area contributed by atoms with Crippen molar-refractivity contribution >= 4 is 5.91 Å². The first-order valence-corrected chi connectivity index (χ1v) is 7.42. The molecule has 4 heteroatoms. The summed E-state index contributed by atoms with van der Waals surface area (Å²) in [5.41, 5.74) is 0. The number of amides is 1. The average Bonchev–Trinajstić information content (AvgIpc) is 2.88. The zero-order chi connectivity index (χ0) is 12.4. The van der Waals surface area contributed by atoms with Crippen molar-refractivity contribution in [3.05, 3.63) is 0 Å². The molecule has 18 heavy (non-hydrogen) atoms. The number of carbonyl (C=O) groups excluding carboxylic acids is 1. The molecule has 0 aromatic heterocycles. The first kappa shape index (κ1) is 12.4. The summed E-state index contributed by atoms with van der Waals surface area (Å²) in [7, 11) is 0. The van der Waals surface area contributed by atoms with E-state index in [2.05, 4.69) is 4.90 Å². The number of nitrogens with zero attached hydrogens (tertiary/aromatic N) is 2. The normalized spacial score (nSPS) is 28.3. The molecule has 0 aromatic rings. The Morgan fingerprint density at radius 2 is 2.00 bits per heavy atom. The molecule has 102 valence electrons. The van der Waals surface area contributed by atoms with Gasteiger partial charge in [0.05, 0.1) is 13.2 Å². The van der Waals surface area contributed by atoms with Crippen LogP contribution in [0.15, 0.2) is 0 Å². The monoisotopic (exact) mass is 252 g/mol. The van der Waals surface area contributed by atoms with Crippen LogP contribution in [0.25, 0.3) is 0 Å². The van der Waals surface area contributed by atoms with Gasteiger partial charge in [0.15, 0.2) is 0 Å². The molecule has 1 aliphatic carbocycles. The highest BCUT2D eigenvalue weighted by molar-refractivity contribution is 5.78. The van der Waals surface area contributed by atoms with Gasteiger partial charge in [-0.05, 0) is 38.0 Å². The van der Waals surface area contributed by atoms with Crippen molar-refractivity contribution < 1.29 is 9.53 Å². The summed E-state index contributed by atoms with van der Waals surface area (Å²) in [4.78, 5) is 16.7. The number of hydrogen-bond acceptors (Lipinski definition) is 3. The van der Waals surface area contributed by atoms with Gasteiger partial charge in [0.2, 0.25) is 5.91 Å². The van der Waals surface area contributed by atoms with Gasteiger partial charge in [-0.2, -0.15) is 0 Å². The summed E-state index contributed by atoms with van der Waals surface area (Å²) in [6.45, 7) is 5.45. The van der Waals surface area contributed by atoms with Gasteiger partial charge in [0.25, 0.3) is 0 Å². The van der Waals surface area contributed by atoms with Crippen LogP contribution in [0.3, 0.4) is 0 Å². The number of rotatable bonds is 5. The van der Waals surface area contributed by atoms with Crippen molar-refractivity contribution in [1.29, 1.82) is 0 Å². The van der Waals surface area contributed by atoms with Gasteiger partial charge in [0, 0.05) is 32.3 Å². The zero-order valence-corrected chi connectivity index (χ0v) is 11.1. The Bertz CT molecular complexity index is 292. The van der Waals surface area contributed by atoms with Crippen molar-refractivity contribution in [3.8, 4) is 0 Å². The maximum Gasteiger partial charge on any atom is 0.236 e. The minimum absolute atomic E-state index is 0.346. The standard InChI is InChI=1S/C14H24N2O2/c17-14(15-6-1-2-7-15)10-16(13-3-4-13)9-12-5-8-18-11-12/h12-13H,1-11H2. The molecular formula is C14H24N2O2. The molecule has 0 spiro atoms. The molecule has 1 amide bonds. The van der Waals surface area contributed by atoms with Crippen LogP contribution in [0, 0.1) is 5.92 Å². The Balaban J connectivity index is 1.51. The molecule has 0 aromatic carbocycles. The minimum atomic E-state index is 0.346. The van der Waals surface area contributed by atoms with Crippen LogP contribution in [0.1, 0.15) is 32.1 Å². The topological polar surface area (TPSA) is 32.8 Å². The average molecular weight is 252 g/mol. The summed E-state index contributed by atoms with van der Waals surface area (Å²) in [6, 6.07) is 0.678. The third-order valence-corrected chi connectivity index (χ3v) is 4.38. The number of hydrogen-bond donors (Lipinski definition) is 0. The van der Waals surface area contributed by atoms with Gasteiger partial charge in [-0.3, -0.25) is 9.69 Å². The Morgan fingerprint density at radius 1 is 1.22 bits per heavy atom. The van der Waals surface area contributed by atoms with Crippen LogP contribution in [0.5, 0.6) is 0 Å². The Hall–Kier alpha value is -0.610. The van der Waals surface area contributed by atoms with Gasteiger partial charge < -0.3 is 9.64 Å². The Kier molecular flexibility index (Phi) is 3.85. The third kappa shape index (κ3) is 3.04. The van der Waals surface area contributed by atoms with Gasteiger partial charge in [0.1, 0.15) is 0 Å². The second-order valence-corrected chi connectivity index (χ2v) is 5.98. The molecule has 0 N–H and O–H groups in total. The van der Waals surface area contributed by atoms with E-state index in [9.17, 15) is 4.79 Å². The van der Waals surface area contributed by atoms with E-state index >= 15 is 0 Å². The number of likely N-dealkylation sites (tertiary alicyclic amines) is 1. The second kappa shape index (κ2) is 5.57. The lowest BCUT2D eigenvalue weighted by molar-refractivity contribution is -0.131. The summed E-state index contributed by atoms with van der Waals surface area (Å²) in [5.74, 6) is 0.996. The second-order valence-electron chi connectivity index (χ2n) is 5.98. The molecule has 3 aliphatic rings. The predicted molar refractivity (Wildman–Crippen MR) is 69.3 cm³/mol. The SMILES string of the molecule is O=C(CN(CC1CCOC1)C1CC1)N1CCCC1. The molecule has 2 heterocycles. The van der Waals surface area contributed by atoms with E-state index in [0.717, 1.165) is 32.8 Å². The molecule has 0 bridgehead atoms. The lowest BCUT2D eigenvalue weighted by Crippen LogP contribution is -2.42. The summed E-state index contributed by atoms with van der Waals surface area (Å²) in [6.07, 6.45) is 6.10. The summed E-state index contributed by atoms with van der Waals surface area (Å²) < 4.78 is 5.44. The molecule has 2 saturated heterocycles.